The van der Waals surface area contributed by atoms with Gasteiger partial charge < -0.3 is 30.7 Å². The van der Waals surface area contributed by atoms with Gasteiger partial charge in [0.2, 0.25) is 0 Å². The van der Waals surface area contributed by atoms with E-state index in [1.165, 1.54) is 12.8 Å². The molecule has 222 valence electrons. The monoisotopic (exact) mass is 563 g/mol. The average molecular weight is 564 g/mol. The lowest BCUT2D eigenvalue weighted by Crippen LogP contribution is -2.42. The molecule has 6 N–H and O–H groups in total. The molecule has 4 rings (SSSR count). The van der Waals surface area contributed by atoms with E-state index < -0.39 is 6.10 Å². The van der Waals surface area contributed by atoms with E-state index in [1.807, 2.05) is 96.1 Å². The Morgan fingerprint density at radius 3 is 1.87 bits per heavy atom. The van der Waals surface area contributed by atoms with Crippen LogP contribution in [0.2, 0.25) is 0 Å². The molecule has 2 aliphatic heterocycles. The van der Waals surface area contributed by atoms with Crippen LogP contribution in [0, 0.1) is 5.92 Å². The third-order valence-electron chi connectivity index (χ3n) is 5.72. The normalized spacial score (nSPS) is 18.3. The zero-order chi connectivity index (χ0) is 29.6. The summed E-state index contributed by atoms with van der Waals surface area (Å²) in [5, 5.41) is 22.8. The van der Waals surface area contributed by atoms with E-state index in [4.69, 9.17) is 15.2 Å². The quantitative estimate of drug-likeness (QED) is 0.132. The molecule has 2 fully saturated rings. The third kappa shape index (κ3) is 16.5. The van der Waals surface area contributed by atoms with E-state index in [0.29, 0.717) is 24.6 Å². The molecule has 2 aromatic rings. The Morgan fingerprint density at radius 2 is 1.44 bits per heavy atom. The van der Waals surface area contributed by atoms with Gasteiger partial charge in [0, 0.05) is 24.1 Å². The highest BCUT2D eigenvalue weighted by Gasteiger charge is 2.33. The van der Waals surface area contributed by atoms with Crippen LogP contribution in [0.3, 0.4) is 0 Å². The Kier molecular flexibility index (Phi) is 21.3. The molecule has 2 aromatic carbocycles. The molecule has 0 radical (unpaired) electrons. The lowest BCUT2D eigenvalue weighted by molar-refractivity contribution is -0.0904. The first-order valence-electron chi connectivity index (χ1n) is 14.1. The highest BCUT2D eigenvalue weighted by atomic mass is 32.1. The molecular weight excluding hydrogens is 510 g/mol. The highest BCUT2D eigenvalue weighted by Crippen LogP contribution is 2.30. The summed E-state index contributed by atoms with van der Waals surface area (Å²) in [4.78, 5) is 0. The van der Waals surface area contributed by atoms with Crippen molar-refractivity contribution in [2.24, 2.45) is 5.92 Å². The summed E-state index contributed by atoms with van der Waals surface area (Å²) in [6.07, 6.45) is 3.01. The maximum absolute atomic E-state index is 10.5. The molecule has 0 amide bonds. The Balaban J connectivity index is 0.000000690. The maximum atomic E-state index is 10.5. The van der Waals surface area contributed by atoms with E-state index in [-0.39, 0.29) is 18.2 Å². The number of hydrogen-bond acceptors (Lipinski definition) is 8. The van der Waals surface area contributed by atoms with Crippen molar-refractivity contribution in [3.63, 3.8) is 0 Å². The molecular formula is C31H53N3O4S. The van der Waals surface area contributed by atoms with Crippen LogP contribution in [0.1, 0.15) is 65.5 Å². The Hall–Kier alpha value is -2.23. The van der Waals surface area contributed by atoms with Gasteiger partial charge in [-0.25, -0.2) is 0 Å². The minimum absolute atomic E-state index is 0.141. The zero-order valence-electron chi connectivity index (χ0n) is 24.8. The molecule has 0 saturated carbocycles. The van der Waals surface area contributed by atoms with Crippen LogP contribution < -0.4 is 15.8 Å². The van der Waals surface area contributed by atoms with Crippen LogP contribution in [-0.4, -0.2) is 47.9 Å². The van der Waals surface area contributed by atoms with Crippen LogP contribution in [0.5, 0.6) is 0 Å². The van der Waals surface area contributed by atoms with Crippen molar-refractivity contribution in [3.05, 3.63) is 78.2 Å². The van der Waals surface area contributed by atoms with E-state index in [1.54, 1.807) is 0 Å². The van der Waals surface area contributed by atoms with Gasteiger partial charge in [0.25, 0.3) is 0 Å². The number of rotatable bonds is 8. The Labute approximate surface area is 242 Å². The number of hydrogen-bond donors (Lipinski definition) is 6. The van der Waals surface area contributed by atoms with Crippen LogP contribution in [0.4, 0.5) is 5.69 Å². The van der Waals surface area contributed by atoms with Crippen molar-refractivity contribution in [3.8, 4) is 0 Å². The number of benzene rings is 2. The van der Waals surface area contributed by atoms with E-state index in [0.717, 1.165) is 30.3 Å². The summed E-state index contributed by atoms with van der Waals surface area (Å²) in [7, 11) is 0. The Morgan fingerprint density at radius 1 is 0.949 bits per heavy atom. The lowest BCUT2D eigenvalue weighted by atomic mass is 9.96. The summed E-state index contributed by atoms with van der Waals surface area (Å²) in [6.45, 7) is 17.3. The third-order valence-corrected chi connectivity index (χ3v) is 6.24. The number of aliphatic hydroxyl groups is 2. The van der Waals surface area contributed by atoms with Crippen molar-refractivity contribution in [1.29, 1.82) is 0 Å². The largest absolute Gasteiger partial charge is 0.495 e. The maximum Gasteiger partial charge on any atom is 0.176 e. The summed E-state index contributed by atoms with van der Waals surface area (Å²) >= 11 is 3.77. The number of fused-ring (bicyclic) bond motifs is 1. The number of nitrogens with two attached hydrogens (primary N) is 1. The molecule has 2 aliphatic rings. The summed E-state index contributed by atoms with van der Waals surface area (Å²) < 4.78 is 13.2. The van der Waals surface area contributed by atoms with Crippen molar-refractivity contribution < 1.29 is 19.7 Å². The van der Waals surface area contributed by atoms with Gasteiger partial charge in [0.05, 0.1) is 25.4 Å². The summed E-state index contributed by atoms with van der Waals surface area (Å²) in [5.41, 5.74) is 8.43. The van der Waals surface area contributed by atoms with Gasteiger partial charge in [-0.15, -0.1) is 0 Å². The van der Waals surface area contributed by atoms with Gasteiger partial charge in [-0.1, -0.05) is 83.0 Å². The fourth-order valence-corrected chi connectivity index (χ4v) is 3.81. The SMILES string of the molecule is C1CC2CCOC2O1.C=C(O)NC(Cc1ccccc1)C(O)Cc1ccc(N)cc1.CC.CC.CC(C)NS. The highest BCUT2D eigenvalue weighted by molar-refractivity contribution is 7.78. The number of nitrogens with one attached hydrogen (secondary N) is 2. The fraction of sp³-hybridized carbons (Fsp3) is 0.548. The second kappa shape index (κ2) is 22.6. The van der Waals surface area contributed by atoms with Crippen LogP contribution in [-0.2, 0) is 22.3 Å². The van der Waals surface area contributed by atoms with E-state index in [9.17, 15) is 10.2 Å². The number of nitrogen functional groups attached to an aromatic ring is 1. The number of anilines is 1. The van der Waals surface area contributed by atoms with Crippen molar-refractivity contribution in [1.82, 2.24) is 10.0 Å². The molecule has 7 nitrogen and oxygen atoms in total. The number of aliphatic hydroxyl groups excluding tert-OH is 2. The predicted molar refractivity (Wildman–Crippen MR) is 168 cm³/mol. The minimum Gasteiger partial charge on any atom is -0.495 e. The second-order valence-electron chi connectivity index (χ2n) is 9.13. The standard InChI is InChI=1S/C18H22N2O2.C6H10O2.C3H9NS.2C2H6/c1-13(21)20-17(11-14-5-3-2-4-6-14)18(22)12-15-7-9-16(19)10-8-15;1-3-7-6-5(1)2-4-8-6;1-3(2)4-5;2*1-2/h2-10,17-18,20-22H,1,11-12,19H2;5-6H,1-4H2;3-5H,1-2H3;2*1-2H3. The zero-order valence-corrected chi connectivity index (χ0v) is 25.7. The van der Waals surface area contributed by atoms with Crippen molar-refractivity contribution in [2.45, 2.75) is 91.7 Å². The molecule has 39 heavy (non-hydrogen) atoms. The van der Waals surface area contributed by atoms with E-state index in [2.05, 4.69) is 29.4 Å². The van der Waals surface area contributed by atoms with Gasteiger partial charge in [0.15, 0.2) is 12.2 Å². The lowest BCUT2D eigenvalue weighted by Gasteiger charge is -2.24. The van der Waals surface area contributed by atoms with Gasteiger partial charge in [-0.3, -0.25) is 4.72 Å². The number of thiol groups is 1. The molecule has 0 bridgehead atoms. The molecule has 8 heteroatoms. The molecule has 0 aliphatic carbocycles. The molecule has 2 saturated heterocycles. The van der Waals surface area contributed by atoms with Crippen LogP contribution in [0.15, 0.2) is 67.1 Å². The minimum atomic E-state index is -0.660. The summed E-state index contributed by atoms with van der Waals surface area (Å²) in [5.74, 6) is 0.590. The predicted octanol–water partition coefficient (Wildman–Crippen LogP) is 6.05. The van der Waals surface area contributed by atoms with Gasteiger partial charge >= 0.3 is 0 Å². The molecule has 0 spiro atoms. The van der Waals surface area contributed by atoms with Crippen LogP contribution >= 0.6 is 12.8 Å². The van der Waals surface area contributed by atoms with Crippen molar-refractivity contribution in [2.75, 3.05) is 18.9 Å². The van der Waals surface area contributed by atoms with Gasteiger partial charge in [0.1, 0.15) is 0 Å². The second-order valence-corrected chi connectivity index (χ2v) is 9.39. The fourth-order valence-electron chi connectivity index (χ4n) is 3.81. The van der Waals surface area contributed by atoms with Crippen LogP contribution in [0.25, 0.3) is 0 Å². The molecule has 2 atom stereocenters. The first kappa shape index (κ1) is 36.8. The Bertz CT molecular complexity index is 833. The molecule has 2 unspecified atom stereocenters. The smallest absolute Gasteiger partial charge is 0.176 e. The van der Waals surface area contributed by atoms with Gasteiger partial charge in [-0.05, 0) is 62.9 Å². The first-order valence-corrected chi connectivity index (χ1v) is 14.6. The van der Waals surface area contributed by atoms with Gasteiger partial charge in [-0.2, -0.15) is 0 Å². The molecule has 0 aromatic heterocycles. The number of ether oxygens (including phenoxy) is 2. The average Bonchev–Trinajstić information content (AvgIpc) is 3.59. The summed E-state index contributed by atoms with van der Waals surface area (Å²) in [6, 6.07) is 17.4. The molecule has 2 heterocycles. The topological polar surface area (TPSA) is 109 Å². The van der Waals surface area contributed by atoms with E-state index >= 15 is 0 Å². The van der Waals surface area contributed by atoms with Crippen molar-refractivity contribution >= 4 is 18.5 Å². The first-order chi connectivity index (χ1) is 18.8.